The molecule has 6 nitrogen and oxygen atoms in total. The third-order valence-corrected chi connectivity index (χ3v) is 3.44. The van der Waals surface area contributed by atoms with Crippen molar-refractivity contribution in [1.29, 1.82) is 0 Å². The lowest BCUT2D eigenvalue weighted by molar-refractivity contribution is -0.139. The first kappa shape index (κ1) is 18.8. The Hall–Kier alpha value is -2.57. The standard InChI is InChI=1S/C19H23NO5/c21-16(13-24-17-4-2-1-3-5-17)12-20-11-10-15-6-8-18(9-7-15)25-14-19(22)23/h1-9,16,20-21H,10-14H2,(H,22,23). The molecule has 2 rings (SSSR count). The Labute approximate surface area is 147 Å². The predicted octanol–water partition coefficient (Wildman–Crippen LogP) is 1.72. The smallest absolute Gasteiger partial charge is 0.341 e. The Morgan fingerprint density at radius 2 is 1.68 bits per heavy atom. The van der Waals surface area contributed by atoms with Gasteiger partial charge in [-0.25, -0.2) is 4.79 Å². The van der Waals surface area contributed by atoms with Crippen LogP contribution < -0.4 is 14.8 Å². The molecule has 3 N–H and O–H groups in total. The van der Waals surface area contributed by atoms with Crippen LogP contribution >= 0.6 is 0 Å². The summed E-state index contributed by atoms with van der Waals surface area (Å²) in [5.74, 6) is 0.280. The molecule has 0 amide bonds. The van der Waals surface area contributed by atoms with E-state index in [2.05, 4.69) is 5.32 Å². The van der Waals surface area contributed by atoms with Crippen LogP contribution in [0.4, 0.5) is 0 Å². The maximum atomic E-state index is 10.4. The summed E-state index contributed by atoms with van der Waals surface area (Å²) in [4.78, 5) is 10.4. The van der Waals surface area contributed by atoms with Crippen molar-refractivity contribution in [2.45, 2.75) is 12.5 Å². The number of benzene rings is 2. The molecule has 0 heterocycles. The van der Waals surface area contributed by atoms with Crippen molar-refractivity contribution in [3.05, 3.63) is 60.2 Å². The average molecular weight is 345 g/mol. The van der Waals surface area contributed by atoms with Gasteiger partial charge < -0.3 is 25.0 Å². The van der Waals surface area contributed by atoms with Crippen LogP contribution in [0.1, 0.15) is 5.56 Å². The maximum Gasteiger partial charge on any atom is 0.341 e. The summed E-state index contributed by atoms with van der Waals surface area (Å²) in [6, 6.07) is 16.7. The van der Waals surface area contributed by atoms with E-state index in [0.29, 0.717) is 12.3 Å². The molecule has 0 saturated carbocycles. The zero-order valence-electron chi connectivity index (χ0n) is 13.9. The summed E-state index contributed by atoms with van der Waals surface area (Å²) >= 11 is 0. The number of ether oxygens (including phenoxy) is 2. The highest BCUT2D eigenvalue weighted by molar-refractivity contribution is 5.68. The molecule has 0 aromatic heterocycles. The van der Waals surface area contributed by atoms with Crippen molar-refractivity contribution < 1.29 is 24.5 Å². The molecule has 0 fully saturated rings. The molecule has 0 aliphatic carbocycles. The minimum atomic E-state index is -0.997. The summed E-state index contributed by atoms with van der Waals surface area (Å²) in [5, 5.41) is 21.6. The van der Waals surface area contributed by atoms with E-state index in [1.165, 1.54) is 0 Å². The molecule has 0 saturated heterocycles. The SMILES string of the molecule is O=C(O)COc1ccc(CCNCC(O)COc2ccccc2)cc1. The number of aliphatic carboxylic acids is 1. The van der Waals surface area contributed by atoms with Crippen molar-refractivity contribution >= 4 is 5.97 Å². The molecule has 1 atom stereocenters. The Bertz CT molecular complexity index is 630. The number of hydrogen-bond acceptors (Lipinski definition) is 5. The lowest BCUT2D eigenvalue weighted by Gasteiger charge is -2.13. The fourth-order valence-electron chi connectivity index (χ4n) is 2.17. The Balaban J connectivity index is 1.59. The molecule has 25 heavy (non-hydrogen) atoms. The van der Waals surface area contributed by atoms with Crippen LogP contribution in [0.15, 0.2) is 54.6 Å². The monoisotopic (exact) mass is 345 g/mol. The van der Waals surface area contributed by atoms with Crippen molar-refractivity contribution in [1.82, 2.24) is 5.32 Å². The van der Waals surface area contributed by atoms with Crippen molar-refractivity contribution in [3.8, 4) is 11.5 Å². The topological polar surface area (TPSA) is 88.0 Å². The number of aliphatic hydroxyl groups is 1. The van der Waals surface area contributed by atoms with Gasteiger partial charge in [-0.15, -0.1) is 0 Å². The van der Waals surface area contributed by atoms with Crippen LogP contribution in [0, 0.1) is 0 Å². The molecule has 6 heteroatoms. The Morgan fingerprint density at radius 3 is 2.36 bits per heavy atom. The molecule has 1 unspecified atom stereocenters. The molecule has 0 radical (unpaired) electrons. The number of rotatable bonds is 11. The highest BCUT2D eigenvalue weighted by Crippen LogP contribution is 2.12. The van der Waals surface area contributed by atoms with E-state index in [1.54, 1.807) is 12.1 Å². The van der Waals surface area contributed by atoms with Crippen LogP contribution in [0.2, 0.25) is 0 Å². The maximum absolute atomic E-state index is 10.4. The van der Waals surface area contributed by atoms with Gasteiger partial charge in [0, 0.05) is 6.54 Å². The van der Waals surface area contributed by atoms with E-state index in [9.17, 15) is 9.90 Å². The van der Waals surface area contributed by atoms with Crippen LogP contribution in [-0.2, 0) is 11.2 Å². The second kappa shape index (κ2) is 10.3. The molecule has 0 aliphatic heterocycles. The third-order valence-electron chi connectivity index (χ3n) is 3.44. The van der Waals surface area contributed by atoms with Crippen LogP contribution in [0.25, 0.3) is 0 Å². The molecular formula is C19H23NO5. The zero-order valence-corrected chi connectivity index (χ0v) is 13.9. The second-order valence-electron chi connectivity index (χ2n) is 5.56. The predicted molar refractivity (Wildman–Crippen MR) is 94.1 cm³/mol. The van der Waals surface area contributed by atoms with Gasteiger partial charge in [-0.05, 0) is 42.8 Å². The minimum absolute atomic E-state index is 0.243. The quantitative estimate of drug-likeness (QED) is 0.538. The van der Waals surface area contributed by atoms with Gasteiger partial charge in [0.15, 0.2) is 6.61 Å². The van der Waals surface area contributed by atoms with E-state index in [-0.39, 0.29) is 13.2 Å². The molecule has 2 aromatic rings. The first-order valence-electron chi connectivity index (χ1n) is 8.13. The van der Waals surface area contributed by atoms with E-state index in [1.807, 2.05) is 42.5 Å². The number of hydrogen-bond donors (Lipinski definition) is 3. The molecule has 0 aliphatic rings. The van der Waals surface area contributed by atoms with Gasteiger partial charge in [0.05, 0.1) is 0 Å². The van der Waals surface area contributed by atoms with Crippen LogP contribution in [0.3, 0.4) is 0 Å². The largest absolute Gasteiger partial charge is 0.491 e. The third kappa shape index (κ3) is 7.69. The highest BCUT2D eigenvalue weighted by atomic mass is 16.5. The van der Waals surface area contributed by atoms with E-state index < -0.39 is 12.1 Å². The summed E-state index contributed by atoms with van der Waals surface area (Å²) in [6.45, 7) is 1.07. The highest BCUT2D eigenvalue weighted by Gasteiger charge is 2.05. The van der Waals surface area contributed by atoms with Gasteiger partial charge in [-0.2, -0.15) is 0 Å². The fraction of sp³-hybridized carbons (Fsp3) is 0.316. The van der Waals surface area contributed by atoms with Gasteiger partial charge >= 0.3 is 5.97 Å². The van der Waals surface area contributed by atoms with Crippen molar-refractivity contribution in [2.75, 3.05) is 26.3 Å². The number of carboxylic acids is 1. The second-order valence-corrected chi connectivity index (χ2v) is 5.56. The summed E-state index contributed by atoms with van der Waals surface area (Å²) in [6.07, 6.45) is 0.220. The minimum Gasteiger partial charge on any atom is -0.491 e. The number of aliphatic hydroxyl groups excluding tert-OH is 1. The number of nitrogens with one attached hydrogen (secondary N) is 1. The van der Waals surface area contributed by atoms with Crippen LogP contribution in [0.5, 0.6) is 11.5 Å². The molecule has 134 valence electrons. The normalized spacial score (nSPS) is 11.7. The molecule has 0 spiro atoms. The van der Waals surface area contributed by atoms with Crippen molar-refractivity contribution in [2.24, 2.45) is 0 Å². The molecule has 0 bridgehead atoms. The summed E-state index contributed by atoms with van der Waals surface area (Å²) in [7, 11) is 0. The van der Waals surface area contributed by atoms with Crippen molar-refractivity contribution in [3.63, 3.8) is 0 Å². The summed E-state index contributed by atoms with van der Waals surface area (Å²) < 4.78 is 10.6. The zero-order chi connectivity index (χ0) is 17.9. The van der Waals surface area contributed by atoms with E-state index in [4.69, 9.17) is 14.6 Å². The van der Waals surface area contributed by atoms with Gasteiger partial charge in [-0.1, -0.05) is 30.3 Å². The first-order chi connectivity index (χ1) is 12.1. The molecular weight excluding hydrogens is 322 g/mol. The van der Waals surface area contributed by atoms with Gasteiger partial charge in [-0.3, -0.25) is 0 Å². The number of para-hydroxylation sites is 1. The first-order valence-corrected chi connectivity index (χ1v) is 8.13. The van der Waals surface area contributed by atoms with Gasteiger partial charge in [0.2, 0.25) is 0 Å². The van der Waals surface area contributed by atoms with E-state index >= 15 is 0 Å². The fourth-order valence-corrected chi connectivity index (χ4v) is 2.17. The Kier molecular flexibility index (Phi) is 7.75. The Morgan fingerprint density at radius 1 is 1.00 bits per heavy atom. The van der Waals surface area contributed by atoms with Gasteiger partial charge in [0.25, 0.3) is 0 Å². The van der Waals surface area contributed by atoms with Crippen LogP contribution in [-0.4, -0.2) is 48.6 Å². The molecule has 2 aromatic carbocycles. The number of carbonyl (C=O) groups is 1. The van der Waals surface area contributed by atoms with Gasteiger partial charge in [0.1, 0.15) is 24.2 Å². The van der Waals surface area contributed by atoms with E-state index in [0.717, 1.165) is 24.3 Å². The average Bonchev–Trinajstić information content (AvgIpc) is 2.63. The lowest BCUT2D eigenvalue weighted by atomic mass is 10.1. The summed E-state index contributed by atoms with van der Waals surface area (Å²) in [5.41, 5.74) is 1.10. The lowest BCUT2D eigenvalue weighted by Crippen LogP contribution is -2.32. The number of carboxylic acid groups (broad SMARTS) is 1.